The van der Waals surface area contributed by atoms with Crippen molar-refractivity contribution in [2.24, 2.45) is 0 Å². The van der Waals surface area contributed by atoms with Crippen molar-refractivity contribution >= 4 is 23.7 Å². The maximum Gasteiger partial charge on any atom is 0.322 e. The molecule has 0 aromatic heterocycles. The fourth-order valence-electron chi connectivity index (χ4n) is 7.30. The fraction of sp³-hybridized carbons (Fsp3) is 0.529. The topological polar surface area (TPSA) is 112 Å². The van der Waals surface area contributed by atoms with Crippen molar-refractivity contribution in [1.82, 2.24) is 24.9 Å². The number of amides is 5. The first-order chi connectivity index (χ1) is 21.5. The summed E-state index contributed by atoms with van der Waals surface area (Å²) in [5.74, 6) is -0.0589. The monoisotopic (exact) mass is 597 g/mol. The van der Waals surface area contributed by atoms with Crippen molar-refractivity contribution in [1.29, 1.82) is 5.26 Å². The smallest absolute Gasteiger partial charge is 0.322 e. The highest BCUT2D eigenvalue weighted by Gasteiger charge is 2.35. The number of piperidine rings is 3. The molecule has 4 heterocycles. The van der Waals surface area contributed by atoms with E-state index in [1.807, 2.05) is 46.2 Å². The van der Waals surface area contributed by atoms with E-state index in [4.69, 9.17) is 0 Å². The van der Waals surface area contributed by atoms with Gasteiger partial charge in [0.25, 0.3) is 0 Å². The quantitative estimate of drug-likeness (QED) is 0.519. The standard InChI is InChI=1S/C34H43N7O3/c35-23-26-8-6-7-25(21-26)22-31(32(42)39-17-11-28(12-18-39)38-15-4-1-5-16-38)37-33(43)40-19-13-29(14-20-40)41-24-27-9-2-3-10-30(27)36-34(41)44/h2-3,6-10,21,28-29,31H,1,4-5,11-20,22,24H2,(H,36,44)(H,37,43)/t31-/m1/s1. The molecule has 10 heteroatoms. The molecule has 4 aliphatic rings. The van der Waals surface area contributed by atoms with Gasteiger partial charge in [0.15, 0.2) is 0 Å². The first-order valence-corrected chi connectivity index (χ1v) is 16.2. The van der Waals surface area contributed by atoms with E-state index in [1.54, 1.807) is 17.0 Å². The zero-order valence-electron chi connectivity index (χ0n) is 25.4. The highest BCUT2D eigenvalue weighted by molar-refractivity contribution is 5.92. The predicted octanol–water partition coefficient (Wildman–Crippen LogP) is 4.17. The SMILES string of the molecule is N#Cc1cccc(C[C@@H](NC(=O)N2CCC(N3Cc4ccccc4NC3=O)CC2)C(=O)N2CCC(N3CCCCC3)CC2)c1. The molecule has 2 aromatic carbocycles. The maximum absolute atomic E-state index is 13.9. The molecule has 0 radical (unpaired) electrons. The Balaban J connectivity index is 1.08. The van der Waals surface area contributed by atoms with Crippen LogP contribution in [-0.2, 0) is 17.8 Å². The van der Waals surface area contributed by atoms with Gasteiger partial charge in [0, 0.05) is 56.9 Å². The first-order valence-electron chi connectivity index (χ1n) is 16.2. The average molecular weight is 598 g/mol. The number of fused-ring (bicyclic) bond motifs is 1. The van der Waals surface area contributed by atoms with Crippen molar-refractivity contribution in [3.63, 3.8) is 0 Å². The molecule has 10 nitrogen and oxygen atoms in total. The second kappa shape index (κ2) is 13.7. The molecular weight excluding hydrogens is 554 g/mol. The van der Waals surface area contributed by atoms with Crippen molar-refractivity contribution in [3.05, 3.63) is 65.2 Å². The Labute approximate surface area is 260 Å². The Morgan fingerprint density at radius 3 is 2.34 bits per heavy atom. The number of carbonyl (C=O) groups is 3. The lowest BCUT2D eigenvalue weighted by molar-refractivity contribution is -0.134. The summed E-state index contributed by atoms with van der Waals surface area (Å²) in [5.41, 5.74) is 3.33. The van der Waals surface area contributed by atoms with Gasteiger partial charge in [0.1, 0.15) is 6.04 Å². The van der Waals surface area contributed by atoms with Crippen molar-refractivity contribution in [2.75, 3.05) is 44.6 Å². The van der Waals surface area contributed by atoms with E-state index >= 15 is 0 Å². The number of urea groups is 2. The van der Waals surface area contributed by atoms with Crippen molar-refractivity contribution < 1.29 is 14.4 Å². The number of hydrogen-bond donors (Lipinski definition) is 2. The van der Waals surface area contributed by atoms with Gasteiger partial charge in [-0.2, -0.15) is 5.26 Å². The largest absolute Gasteiger partial charge is 0.341 e. The number of rotatable bonds is 6. The van der Waals surface area contributed by atoms with Crippen LogP contribution in [0.2, 0.25) is 0 Å². The van der Waals surface area contributed by atoms with Crippen molar-refractivity contribution in [2.45, 2.75) is 76.0 Å². The van der Waals surface area contributed by atoms with Crippen LogP contribution in [0.25, 0.3) is 0 Å². The molecule has 0 aliphatic carbocycles. The zero-order chi connectivity index (χ0) is 30.5. The third-order valence-corrected chi connectivity index (χ3v) is 9.83. The van der Waals surface area contributed by atoms with Crippen LogP contribution in [0.4, 0.5) is 15.3 Å². The van der Waals surface area contributed by atoms with Gasteiger partial charge in [0.05, 0.1) is 11.6 Å². The number of nitrogens with one attached hydrogen (secondary N) is 2. The Bertz CT molecular complexity index is 1390. The number of hydrogen-bond acceptors (Lipinski definition) is 5. The number of nitriles is 1. The molecule has 6 rings (SSSR count). The Kier molecular flexibility index (Phi) is 9.31. The second-order valence-electron chi connectivity index (χ2n) is 12.6. The lowest BCUT2D eigenvalue weighted by Gasteiger charge is -2.42. The van der Waals surface area contributed by atoms with E-state index in [0.29, 0.717) is 63.6 Å². The summed E-state index contributed by atoms with van der Waals surface area (Å²) < 4.78 is 0. The summed E-state index contributed by atoms with van der Waals surface area (Å²) >= 11 is 0. The van der Waals surface area contributed by atoms with E-state index in [1.165, 1.54) is 19.3 Å². The molecule has 3 fully saturated rings. The molecule has 1 atom stereocenters. The van der Waals surface area contributed by atoms with Crippen LogP contribution >= 0.6 is 0 Å². The van der Waals surface area contributed by atoms with E-state index < -0.39 is 6.04 Å². The minimum atomic E-state index is -0.718. The summed E-state index contributed by atoms with van der Waals surface area (Å²) in [4.78, 5) is 48.5. The first kappa shape index (κ1) is 29.9. The molecule has 44 heavy (non-hydrogen) atoms. The fourth-order valence-corrected chi connectivity index (χ4v) is 7.30. The molecule has 2 N–H and O–H groups in total. The van der Waals surface area contributed by atoms with Gasteiger partial charge in [0.2, 0.25) is 5.91 Å². The summed E-state index contributed by atoms with van der Waals surface area (Å²) in [6.45, 7) is 5.26. The Hall–Kier alpha value is -4.10. The molecule has 232 valence electrons. The van der Waals surface area contributed by atoms with Crippen molar-refractivity contribution in [3.8, 4) is 6.07 Å². The van der Waals surface area contributed by atoms with E-state index in [0.717, 1.165) is 42.7 Å². The van der Waals surface area contributed by atoms with Crippen LogP contribution in [0.15, 0.2) is 48.5 Å². The average Bonchev–Trinajstić information content (AvgIpc) is 3.08. The van der Waals surface area contributed by atoms with Gasteiger partial charge in [-0.1, -0.05) is 36.8 Å². The zero-order valence-corrected chi connectivity index (χ0v) is 25.4. The minimum Gasteiger partial charge on any atom is -0.341 e. The van der Waals surface area contributed by atoms with Crippen LogP contribution in [0.3, 0.4) is 0 Å². The molecule has 5 amide bonds. The normalized spacial score (nSPS) is 20.8. The number of carbonyl (C=O) groups excluding carboxylic acids is 3. The van der Waals surface area contributed by atoms with Crippen LogP contribution < -0.4 is 10.6 Å². The van der Waals surface area contributed by atoms with Crippen LogP contribution in [0.5, 0.6) is 0 Å². The molecule has 0 unspecified atom stereocenters. The predicted molar refractivity (Wildman–Crippen MR) is 168 cm³/mol. The highest BCUT2D eigenvalue weighted by Crippen LogP contribution is 2.28. The minimum absolute atomic E-state index is 0.0414. The van der Waals surface area contributed by atoms with Gasteiger partial charge < -0.3 is 30.2 Å². The lowest BCUT2D eigenvalue weighted by atomic mass is 9.98. The summed E-state index contributed by atoms with van der Waals surface area (Å²) in [6, 6.07) is 16.8. The maximum atomic E-state index is 13.9. The number of anilines is 1. The summed E-state index contributed by atoms with van der Waals surface area (Å²) in [5, 5.41) is 15.5. The number of benzene rings is 2. The number of para-hydroxylation sites is 1. The van der Waals surface area contributed by atoms with Crippen LogP contribution in [-0.4, -0.2) is 95.0 Å². The van der Waals surface area contributed by atoms with Gasteiger partial charge in [-0.15, -0.1) is 0 Å². The van der Waals surface area contributed by atoms with Crippen LogP contribution in [0.1, 0.15) is 61.6 Å². The molecule has 2 aromatic rings. The third-order valence-electron chi connectivity index (χ3n) is 9.83. The molecule has 0 bridgehead atoms. The van der Waals surface area contributed by atoms with E-state index in [9.17, 15) is 19.6 Å². The van der Waals surface area contributed by atoms with E-state index in [2.05, 4.69) is 21.6 Å². The Morgan fingerprint density at radius 2 is 1.59 bits per heavy atom. The highest BCUT2D eigenvalue weighted by atomic mass is 16.2. The summed E-state index contributed by atoms with van der Waals surface area (Å²) in [6.07, 6.45) is 7.41. The second-order valence-corrected chi connectivity index (χ2v) is 12.6. The van der Waals surface area contributed by atoms with Crippen LogP contribution in [0, 0.1) is 11.3 Å². The van der Waals surface area contributed by atoms with Gasteiger partial charge >= 0.3 is 12.1 Å². The van der Waals surface area contributed by atoms with Gasteiger partial charge in [-0.25, -0.2) is 9.59 Å². The van der Waals surface area contributed by atoms with Gasteiger partial charge in [-0.05, 0) is 80.9 Å². The third kappa shape index (κ3) is 6.83. The molecule has 4 aliphatic heterocycles. The Morgan fingerprint density at radius 1 is 0.886 bits per heavy atom. The lowest BCUT2D eigenvalue weighted by Crippen LogP contribution is -2.57. The molecule has 0 saturated carbocycles. The molecule has 0 spiro atoms. The molecular formula is C34H43N7O3. The summed E-state index contributed by atoms with van der Waals surface area (Å²) in [7, 11) is 0. The molecule has 3 saturated heterocycles. The van der Waals surface area contributed by atoms with Gasteiger partial charge in [-0.3, -0.25) is 4.79 Å². The van der Waals surface area contributed by atoms with E-state index in [-0.39, 0.29) is 24.0 Å². The number of nitrogens with zero attached hydrogens (tertiary/aromatic N) is 5. The number of likely N-dealkylation sites (tertiary alicyclic amines) is 3.